The second-order valence-corrected chi connectivity index (χ2v) is 11.7. The molecule has 0 aromatic heterocycles. The van der Waals surface area contributed by atoms with Gasteiger partial charge < -0.3 is 30.0 Å². The van der Waals surface area contributed by atoms with Crippen molar-refractivity contribution < 1.29 is 33.7 Å². The molecule has 2 amide bonds. The number of ether oxygens (including phenoxy) is 3. The maximum atomic E-state index is 11.7. The third kappa shape index (κ3) is 12.5. The number of rotatable bonds is 4. The quantitative estimate of drug-likeness (QED) is 0.377. The maximum absolute atomic E-state index is 11.7. The summed E-state index contributed by atoms with van der Waals surface area (Å²) >= 11 is 0. The minimum Gasteiger partial charge on any atom is -0.469 e. The highest BCUT2D eigenvalue weighted by atomic mass is 16.6. The first-order valence-corrected chi connectivity index (χ1v) is 12.2. The Hall–Kier alpha value is -2.03. The van der Waals surface area contributed by atoms with Crippen molar-refractivity contribution in [2.24, 2.45) is 23.7 Å². The van der Waals surface area contributed by atoms with Crippen LogP contribution in [0, 0.1) is 23.7 Å². The van der Waals surface area contributed by atoms with Crippen LogP contribution in [0.2, 0.25) is 0 Å². The van der Waals surface area contributed by atoms with Gasteiger partial charge in [-0.3, -0.25) is 4.79 Å². The Kier molecular flexibility index (Phi) is 13.1. The summed E-state index contributed by atoms with van der Waals surface area (Å²) in [6.07, 6.45) is 2.39. The third-order valence-electron chi connectivity index (χ3n) is 6.06. The Morgan fingerprint density at radius 3 is 1.60 bits per heavy atom. The molecule has 0 bridgehead atoms. The van der Waals surface area contributed by atoms with E-state index in [2.05, 4.69) is 17.6 Å². The lowest BCUT2D eigenvalue weighted by Crippen LogP contribution is -2.40. The average Bonchev–Trinajstić information content (AvgIpc) is 3.21. The van der Waals surface area contributed by atoms with Gasteiger partial charge in [-0.2, -0.15) is 0 Å². The molecule has 0 aromatic rings. The number of amides is 2. The van der Waals surface area contributed by atoms with E-state index in [9.17, 15) is 14.4 Å². The molecule has 9 nitrogen and oxygen atoms in total. The molecule has 2 aliphatic carbocycles. The van der Waals surface area contributed by atoms with Crippen LogP contribution < -0.4 is 10.6 Å². The Morgan fingerprint density at radius 1 is 0.800 bits per heavy atom. The molecule has 0 unspecified atom stereocenters. The summed E-state index contributed by atoms with van der Waals surface area (Å²) in [5, 5.41) is 14.8. The number of carbonyl (C=O) groups excluding carboxylic acids is 3. The van der Waals surface area contributed by atoms with Gasteiger partial charge in [0.1, 0.15) is 11.2 Å². The summed E-state index contributed by atoms with van der Waals surface area (Å²) < 4.78 is 15.1. The smallest absolute Gasteiger partial charge is 0.407 e. The van der Waals surface area contributed by atoms with Crippen LogP contribution >= 0.6 is 0 Å². The first-order valence-electron chi connectivity index (χ1n) is 12.2. The average molecular weight is 503 g/mol. The van der Waals surface area contributed by atoms with Crippen molar-refractivity contribution in [3.8, 4) is 0 Å². The van der Waals surface area contributed by atoms with Gasteiger partial charge in [0.05, 0.1) is 13.0 Å². The molecule has 2 aliphatic rings. The molecule has 0 saturated heterocycles. The summed E-state index contributed by atoms with van der Waals surface area (Å²) in [6.45, 7) is 15.3. The minimum absolute atomic E-state index is 0. The van der Waals surface area contributed by atoms with Crippen molar-refractivity contribution in [1.82, 2.24) is 10.6 Å². The molecule has 0 aliphatic heterocycles. The topological polar surface area (TPSA) is 123 Å². The van der Waals surface area contributed by atoms with Crippen LogP contribution in [0.4, 0.5) is 9.59 Å². The molecule has 0 heterocycles. The van der Waals surface area contributed by atoms with Gasteiger partial charge >= 0.3 is 18.2 Å². The predicted molar refractivity (Wildman–Crippen MR) is 136 cm³/mol. The van der Waals surface area contributed by atoms with E-state index in [0.29, 0.717) is 18.3 Å². The van der Waals surface area contributed by atoms with Gasteiger partial charge in [0, 0.05) is 18.7 Å². The summed E-state index contributed by atoms with van der Waals surface area (Å²) in [6, 6.07) is 0.107. The number of nitrogens with one attached hydrogen (secondary N) is 2. The number of methoxy groups -OCH3 is 1. The van der Waals surface area contributed by atoms with Gasteiger partial charge in [-0.1, -0.05) is 21.3 Å². The molecule has 206 valence electrons. The fraction of sp³-hybridized carbons (Fsp3) is 0.885. The highest BCUT2D eigenvalue weighted by Gasteiger charge is 2.37. The van der Waals surface area contributed by atoms with E-state index in [1.165, 1.54) is 7.11 Å². The summed E-state index contributed by atoms with van der Waals surface area (Å²) in [4.78, 5) is 34.7. The predicted octanol–water partition coefficient (Wildman–Crippen LogP) is 4.65. The maximum Gasteiger partial charge on any atom is 0.407 e. The molecule has 35 heavy (non-hydrogen) atoms. The third-order valence-corrected chi connectivity index (χ3v) is 6.06. The summed E-state index contributed by atoms with van der Waals surface area (Å²) in [5.74, 6) is 0.654. The monoisotopic (exact) mass is 502 g/mol. The van der Waals surface area contributed by atoms with Crippen LogP contribution in [0.1, 0.15) is 88.5 Å². The van der Waals surface area contributed by atoms with E-state index in [1.807, 2.05) is 48.5 Å². The van der Waals surface area contributed by atoms with Crippen molar-refractivity contribution in [2.75, 3.05) is 13.7 Å². The second kappa shape index (κ2) is 13.9. The van der Waals surface area contributed by atoms with E-state index in [1.54, 1.807) is 0 Å². The molecule has 3 N–H and O–H groups in total. The zero-order chi connectivity index (χ0) is 26.3. The van der Waals surface area contributed by atoms with E-state index >= 15 is 0 Å². The SMILES string of the molecule is C.COC(=O)[C@H]1C[C@@H](C)[C@H](NC(=O)OC(C)(C)C)C1.C[C@@H]1C[C@H](CO)C[C@H]1NC(=O)OC(C)(C)C. The van der Waals surface area contributed by atoms with Crippen molar-refractivity contribution in [3.05, 3.63) is 0 Å². The van der Waals surface area contributed by atoms with Crippen LogP contribution in [-0.4, -0.2) is 60.3 Å². The largest absolute Gasteiger partial charge is 0.469 e. The summed E-state index contributed by atoms with van der Waals surface area (Å²) in [7, 11) is 1.39. The standard InChI is InChI=1S/C13H23NO4.C12H23NO3.CH4/c1-8-6-9(11(15)17-5)7-10(8)14-12(16)18-13(2,3)4;1-8-5-9(7-14)6-10(8)13-11(15)16-12(2,3)4;/h8-10H,6-7H2,1-5H3,(H,14,16);8-10,14H,5-7H2,1-4H3,(H,13,15);1H4/t2*8-,9+,10-;/m11./s1. The minimum atomic E-state index is -0.506. The highest BCUT2D eigenvalue weighted by Crippen LogP contribution is 2.32. The van der Waals surface area contributed by atoms with Crippen molar-refractivity contribution in [1.29, 1.82) is 0 Å². The molecular weight excluding hydrogens is 452 g/mol. The number of aliphatic hydroxyl groups excluding tert-OH is 1. The Balaban J connectivity index is 0.000000646. The van der Waals surface area contributed by atoms with Gasteiger partial charge in [0.25, 0.3) is 0 Å². The fourth-order valence-electron chi connectivity index (χ4n) is 4.45. The first kappa shape index (κ1) is 33.0. The van der Waals surface area contributed by atoms with Crippen molar-refractivity contribution in [2.45, 2.75) is 112 Å². The van der Waals surface area contributed by atoms with Crippen LogP contribution in [0.5, 0.6) is 0 Å². The lowest BCUT2D eigenvalue weighted by molar-refractivity contribution is -0.145. The van der Waals surface area contributed by atoms with Gasteiger partial charge in [-0.25, -0.2) is 9.59 Å². The Bertz CT molecular complexity index is 684. The van der Waals surface area contributed by atoms with Gasteiger partial charge in [-0.15, -0.1) is 0 Å². The molecule has 2 rings (SSSR count). The molecule has 2 saturated carbocycles. The summed E-state index contributed by atoms with van der Waals surface area (Å²) in [5.41, 5.74) is -0.962. The molecule has 0 spiro atoms. The lowest BCUT2D eigenvalue weighted by Gasteiger charge is -2.23. The Morgan fingerprint density at radius 2 is 1.23 bits per heavy atom. The number of hydrogen-bond donors (Lipinski definition) is 3. The molecule has 6 atom stereocenters. The van der Waals surface area contributed by atoms with Crippen LogP contribution in [0.3, 0.4) is 0 Å². The fourth-order valence-corrected chi connectivity index (χ4v) is 4.45. The van der Waals surface area contributed by atoms with Crippen molar-refractivity contribution >= 4 is 18.2 Å². The van der Waals surface area contributed by atoms with Crippen LogP contribution in [0.25, 0.3) is 0 Å². The first-order chi connectivity index (χ1) is 15.5. The van der Waals surface area contributed by atoms with Crippen LogP contribution in [-0.2, 0) is 19.0 Å². The van der Waals surface area contributed by atoms with Crippen molar-refractivity contribution in [3.63, 3.8) is 0 Å². The molecule has 9 heteroatoms. The normalized spacial score (nSPS) is 28.1. The number of carbonyl (C=O) groups is 3. The number of alkyl carbamates (subject to hydrolysis) is 2. The lowest BCUT2D eigenvalue weighted by atomic mass is 10.1. The Labute approximate surface area is 212 Å². The van der Waals surface area contributed by atoms with E-state index < -0.39 is 17.3 Å². The number of aliphatic hydroxyl groups is 1. The second-order valence-electron chi connectivity index (χ2n) is 11.7. The van der Waals surface area contributed by atoms with Gasteiger partial charge in [-0.05, 0) is 85.0 Å². The van der Waals surface area contributed by atoms with Gasteiger partial charge in [0.15, 0.2) is 0 Å². The van der Waals surface area contributed by atoms with E-state index in [-0.39, 0.29) is 50.0 Å². The molecule has 2 fully saturated rings. The van der Waals surface area contributed by atoms with Gasteiger partial charge in [0.2, 0.25) is 0 Å². The van der Waals surface area contributed by atoms with E-state index in [0.717, 1.165) is 19.3 Å². The molecular formula is C26H50N2O7. The van der Waals surface area contributed by atoms with E-state index in [4.69, 9.17) is 19.3 Å². The zero-order valence-electron chi connectivity index (χ0n) is 22.4. The molecule has 0 radical (unpaired) electrons. The molecule has 0 aromatic carbocycles. The zero-order valence-corrected chi connectivity index (χ0v) is 22.4. The number of esters is 1. The number of hydrogen-bond acceptors (Lipinski definition) is 7. The van der Waals surface area contributed by atoms with Crippen LogP contribution in [0.15, 0.2) is 0 Å². The highest BCUT2D eigenvalue weighted by molar-refractivity contribution is 5.73.